The van der Waals surface area contributed by atoms with E-state index in [-0.39, 0.29) is 18.4 Å². The zero-order valence-corrected chi connectivity index (χ0v) is 18.4. The zero-order valence-electron chi connectivity index (χ0n) is 18.4. The highest BCUT2D eigenvalue weighted by Crippen LogP contribution is 2.29. The second kappa shape index (κ2) is 9.87. The van der Waals surface area contributed by atoms with Crippen LogP contribution in [0.15, 0.2) is 84.9 Å². The zero-order chi connectivity index (χ0) is 23.2. The van der Waals surface area contributed by atoms with Crippen LogP contribution in [-0.2, 0) is 4.79 Å². The minimum Gasteiger partial charge on any atom is -0.495 e. The summed E-state index contributed by atoms with van der Waals surface area (Å²) in [5, 5.41) is 7.22. The summed E-state index contributed by atoms with van der Waals surface area (Å²) in [6, 6.07) is 25.7. The Labute approximate surface area is 192 Å². The minimum absolute atomic E-state index is 0.184. The van der Waals surface area contributed by atoms with E-state index >= 15 is 0 Å². The van der Waals surface area contributed by atoms with Crippen molar-refractivity contribution in [3.8, 4) is 11.5 Å². The van der Waals surface area contributed by atoms with Crippen molar-refractivity contribution in [3.05, 3.63) is 96.1 Å². The monoisotopic (exact) mass is 440 g/mol. The van der Waals surface area contributed by atoms with E-state index in [0.717, 1.165) is 22.0 Å². The van der Waals surface area contributed by atoms with Gasteiger partial charge in [-0.3, -0.25) is 9.59 Å². The van der Waals surface area contributed by atoms with Crippen LogP contribution < -0.4 is 20.1 Å². The Kier molecular flexibility index (Phi) is 6.55. The number of carbonyl (C=O) groups excluding carboxylic acids is 2. The van der Waals surface area contributed by atoms with E-state index in [1.165, 1.54) is 0 Å². The van der Waals surface area contributed by atoms with E-state index in [9.17, 15) is 9.59 Å². The lowest BCUT2D eigenvalue weighted by molar-refractivity contribution is -0.118. The Hall–Kier alpha value is -4.32. The maximum Gasteiger partial charge on any atom is 0.262 e. The first kappa shape index (κ1) is 21.9. The number of aryl methyl sites for hydroxylation is 1. The number of hydrogen-bond donors (Lipinski definition) is 2. The third-order valence-electron chi connectivity index (χ3n) is 5.14. The van der Waals surface area contributed by atoms with Gasteiger partial charge in [-0.2, -0.15) is 0 Å². The molecule has 0 saturated carbocycles. The van der Waals surface area contributed by atoms with Gasteiger partial charge in [0, 0.05) is 16.6 Å². The van der Waals surface area contributed by atoms with Crippen molar-refractivity contribution in [2.75, 3.05) is 24.4 Å². The summed E-state index contributed by atoms with van der Waals surface area (Å²) < 4.78 is 11.1. The summed E-state index contributed by atoms with van der Waals surface area (Å²) in [5.74, 6) is 0.565. The average molecular weight is 440 g/mol. The van der Waals surface area contributed by atoms with Crippen molar-refractivity contribution in [3.63, 3.8) is 0 Å². The van der Waals surface area contributed by atoms with Gasteiger partial charge in [0.1, 0.15) is 11.5 Å². The molecule has 2 amide bonds. The first-order valence-electron chi connectivity index (χ1n) is 10.5. The molecule has 0 heterocycles. The van der Waals surface area contributed by atoms with Gasteiger partial charge in [0.25, 0.3) is 11.8 Å². The van der Waals surface area contributed by atoms with E-state index in [1.54, 1.807) is 31.4 Å². The lowest BCUT2D eigenvalue weighted by Gasteiger charge is -2.14. The largest absolute Gasteiger partial charge is 0.495 e. The third kappa shape index (κ3) is 5.13. The van der Waals surface area contributed by atoms with Crippen molar-refractivity contribution < 1.29 is 19.1 Å². The number of benzene rings is 4. The van der Waals surface area contributed by atoms with Crippen LogP contribution >= 0.6 is 0 Å². The van der Waals surface area contributed by atoms with Crippen LogP contribution in [0.3, 0.4) is 0 Å². The Morgan fingerprint density at radius 2 is 1.55 bits per heavy atom. The number of fused-ring (bicyclic) bond motifs is 1. The summed E-state index contributed by atoms with van der Waals surface area (Å²) in [6.45, 7) is 1.79. The average Bonchev–Trinajstić information content (AvgIpc) is 2.82. The number of rotatable bonds is 7. The molecule has 0 aliphatic carbocycles. The van der Waals surface area contributed by atoms with Crippen LogP contribution in [0.25, 0.3) is 10.8 Å². The first-order chi connectivity index (χ1) is 16.0. The van der Waals surface area contributed by atoms with E-state index in [2.05, 4.69) is 10.6 Å². The van der Waals surface area contributed by atoms with Crippen LogP contribution in [-0.4, -0.2) is 25.5 Å². The lowest BCUT2D eigenvalue weighted by Crippen LogP contribution is -2.20. The highest BCUT2D eigenvalue weighted by molar-refractivity contribution is 6.14. The maximum absolute atomic E-state index is 13.0. The Morgan fingerprint density at radius 3 is 2.33 bits per heavy atom. The van der Waals surface area contributed by atoms with Gasteiger partial charge in [-0.15, -0.1) is 0 Å². The summed E-state index contributed by atoms with van der Waals surface area (Å²) in [7, 11) is 1.55. The molecule has 2 N–H and O–H groups in total. The number of anilines is 2. The number of methoxy groups -OCH3 is 1. The summed E-state index contributed by atoms with van der Waals surface area (Å²) in [4.78, 5) is 25.4. The number of nitrogens with one attached hydrogen (secondary N) is 2. The molecule has 0 unspecified atom stereocenters. The van der Waals surface area contributed by atoms with E-state index in [4.69, 9.17) is 9.47 Å². The normalized spacial score (nSPS) is 10.5. The van der Waals surface area contributed by atoms with Gasteiger partial charge in [-0.05, 0) is 54.3 Å². The van der Waals surface area contributed by atoms with E-state index in [0.29, 0.717) is 22.7 Å². The molecule has 33 heavy (non-hydrogen) atoms. The molecule has 0 aliphatic heterocycles. The molecule has 0 aromatic heterocycles. The van der Waals surface area contributed by atoms with Gasteiger partial charge in [0.2, 0.25) is 0 Å². The standard InChI is InChI=1S/C27H24N2O4/c1-18-8-7-9-19(16-18)28-27(31)22-14-15-24(21-11-4-3-10-20(21)22)33-17-26(30)29-23-12-5-6-13-25(23)32-2/h3-16H,17H2,1-2H3,(H,28,31)(H,29,30). The molecule has 6 nitrogen and oxygen atoms in total. The molecule has 6 heteroatoms. The topological polar surface area (TPSA) is 76.7 Å². The third-order valence-corrected chi connectivity index (χ3v) is 5.14. The molecule has 0 atom stereocenters. The number of ether oxygens (including phenoxy) is 2. The molecular formula is C27H24N2O4. The lowest BCUT2D eigenvalue weighted by atomic mass is 10.0. The quantitative estimate of drug-likeness (QED) is 0.402. The van der Waals surface area contributed by atoms with Gasteiger partial charge < -0.3 is 20.1 Å². The van der Waals surface area contributed by atoms with Gasteiger partial charge in [-0.1, -0.05) is 48.5 Å². The molecule has 4 aromatic carbocycles. The summed E-state index contributed by atoms with van der Waals surface area (Å²) in [5.41, 5.74) is 2.89. The van der Waals surface area contributed by atoms with Crippen LogP contribution in [0.5, 0.6) is 11.5 Å². The number of amides is 2. The van der Waals surface area contributed by atoms with Crippen molar-refractivity contribution in [1.82, 2.24) is 0 Å². The summed E-state index contributed by atoms with van der Waals surface area (Å²) >= 11 is 0. The molecule has 4 rings (SSSR count). The molecule has 0 radical (unpaired) electrons. The minimum atomic E-state index is -0.315. The smallest absolute Gasteiger partial charge is 0.262 e. The van der Waals surface area contributed by atoms with Crippen molar-refractivity contribution in [2.45, 2.75) is 6.92 Å². The van der Waals surface area contributed by atoms with Crippen LogP contribution in [0.1, 0.15) is 15.9 Å². The molecule has 0 spiro atoms. The van der Waals surface area contributed by atoms with E-state index < -0.39 is 0 Å². The van der Waals surface area contributed by atoms with Crippen LogP contribution in [0.2, 0.25) is 0 Å². The second-order valence-electron chi connectivity index (χ2n) is 7.52. The van der Waals surface area contributed by atoms with Crippen molar-refractivity contribution >= 4 is 34.0 Å². The SMILES string of the molecule is COc1ccccc1NC(=O)COc1ccc(C(=O)Nc2cccc(C)c2)c2ccccc12. The first-order valence-corrected chi connectivity index (χ1v) is 10.5. The second-order valence-corrected chi connectivity index (χ2v) is 7.52. The molecule has 0 saturated heterocycles. The fraction of sp³-hybridized carbons (Fsp3) is 0.111. The van der Waals surface area contributed by atoms with Crippen LogP contribution in [0, 0.1) is 6.92 Å². The number of carbonyl (C=O) groups is 2. The Balaban J connectivity index is 1.51. The highest BCUT2D eigenvalue weighted by Gasteiger charge is 2.15. The fourth-order valence-electron chi connectivity index (χ4n) is 3.59. The van der Waals surface area contributed by atoms with Crippen molar-refractivity contribution in [2.24, 2.45) is 0 Å². The van der Waals surface area contributed by atoms with Crippen molar-refractivity contribution in [1.29, 1.82) is 0 Å². The van der Waals surface area contributed by atoms with Gasteiger partial charge in [0.15, 0.2) is 6.61 Å². The Morgan fingerprint density at radius 1 is 0.788 bits per heavy atom. The predicted molar refractivity (Wildman–Crippen MR) is 130 cm³/mol. The highest BCUT2D eigenvalue weighted by atomic mass is 16.5. The number of para-hydroxylation sites is 2. The van der Waals surface area contributed by atoms with Crippen LogP contribution in [0.4, 0.5) is 11.4 Å². The Bertz CT molecular complexity index is 1320. The molecule has 0 aliphatic rings. The van der Waals surface area contributed by atoms with E-state index in [1.807, 2.05) is 67.6 Å². The fourth-order valence-corrected chi connectivity index (χ4v) is 3.59. The predicted octanol–water partition coefficient (Wildman–Crippen LogP) is 5.43. The molecule has 166 valence electrons. The molecule has 4 aromatic rings. The molecule has 0 fully saturated rings. The summed E-state index contributed by atoms with van der Waals surface area (Å²) in [6.07, 6.45) is 0. The molecule has 0 bridgehead atoms. The maximum atomic E-state index is 13.0. The molecular weight excluding hydrogens is 416 g/mol. The van der Waals surface area contributed by atoms with Gasteiger partial charge in [-0.25, -0.2) is 0 Å². The van der Waals surface area contributed by atoms with Gasteiger partial charge >= 0.3 is 0 Å². The number of hydrogen-bond acceptors (Lipinski definition) is 4. The van der Waals surface area contributed by atoms with Gasteiger partial charge in [0.05, 0.1) is 12.8 Å².